The van der Waals surface area contributed by atoms with E-state index in [1.165, 1.54) is 11.3 Å². The molecule has 1 aromatic heterocycles. The molecule has 0 radical (unpaired) electrons. The largest absolute Gasteiger partial charge is 0.368 e. The zero-order valence-corrected chi connectivity index (χ0v) is 11.4. The fraction of sp³-hybridized carbons (Fsp3) is 0.286. The minimum Gasteiger partial charge on any atom is -0.368 e. The summed E-state index contributed by atoms with van der Waals surface area (Å²) in [6, 6.07) is 10.5. The molecule has 5 heteroatoms. The van der Waals surface area contributed by atoms with E-state index in [9.17, 15) is 0 Å². The number of aryl methyl sites for hydroxylation is 1. The molecule has 0 saturated heterocycles. The second-order valence-electron chi connectivity index (χ2n) is 4.79. The predicted octanol–water partition coefficient (Wildman–Crippen LogP) is 3.19. The first-order chi connectivity index (χ1) is 9.15. The van der Waals surface area contributed by atoms with Crippen LogP contribution in [0.2, 0.25) is 5.15 Å². The summed E-state index contributed by atoms with van der Waals surface area (Å²) < 4.78 is 0. The lowest BCUT2D eigenvalue weighted by molar-refractivity contribution is 0.613. The van der Waals surface area contributed by atoms with E-state index < -0.39 is 0 Å². The van der Waals surface area contributed by atoms with Crippen LogP contribution in [0.1, 0.15) is 18.9 Å². The van der Waals surface area contributed by atoms with E-state index in [0.717, 1.165) is 18.7 Å². The molecule has 0 saturated carbocycles. The Labute approximate surface area is 117 Å². The number of nitrogens with zero attached hydrogens (tertiary/aromatic N) is 3. The molecule has 0 amide bonds. The van der Waals surface area contributed by atoms with Gasteiger partial charge in [-0.2, -0.15) is 4.98 Å². The first kappa shape index (κ1) is 12.2. The normalized spacial score (nSPS) is 18.2. The highest BCUT2D eigenvalue weighted by Crippen LogP contribution is 2.36. The Morgan fingerprint density at radius 1 is 1.32 bits per heavy atom. The number of nitrogens with two attached hydrogens (primary N) is 1. The average Bonchev–Trinajstić information content (AvgIpc) is 2.37. The van der Waals surface area contributed by atoms with E-state index in [4.69, 9.17) is 17.3 Å². The van der Waals surface area contributed by atoms with Crippen LogP contribution in [0, 0.1) is 0 Å². The number of para-hydroxylation sites is 1. The maximum Gasteiger partial charge on any atom is 0.223 e. The Morgan fingerprint density at radius 3 is 2.89 bits per heavy atom. The van der Waals surface area contributed by atoms with Crippen molar-refractivity contribution in [3.8, 4) is 0 Å². The second-order valence-corrected chi connectivity index (χ2v) is 5.18. The minimum atomic E-state index is 0.206. The van der Waals surface area contributed by atoms with Crippen LogP contribution in [-0.2, 0) is 6.42 Å². The highest BCUT2D eigenvalue weighted by Gasteiger charge is 2.25. The summed E-state index contributed by atoms with van der Waals surface area (Å²) in [4.78, 5) is 10.4. The van der Waals surface area contributed by atoms with E-state index in [0.29, 0.717) is 11.2 Å². The van der Waals surface area contributed by atoms with Crippen molar-refractivity contribution in [1.29, 1.82) is 0 Å². The first-order valence-electron chi connectivity index (χ1n) is 6.32. The number of aromatic nitrogens is 2. The predicted molar refractivity (Wildman–Crippen MR) is 77.8 cm³/mol. The van der Waals surface area contributed by atoms with Gasteiger partial charge in [-0.3, -0.25) is 0 Å². The molecule has 1 atom stereocenters. The third-order valence-corrected chi connectivity index (χ3v) is 3.66. The van der Waals surface area contributed by atoms with E-state index in [1.54, 1.807) is 6.07 Å². The van der Waals surface area contributed by atoms with Crippen LogP contribution in [0.15, 0.2) is 30.3 Å². The van der Waals surface area contributed by atoms with Crippen molar-refractivity contribution in [3.63, 3.8) is 0 Å². The summed E-state index contributed by atoms with van der Waals surface area (Å²) in [5, 5.41) is 0.373. The number of rotatable bonds is 1. The van der Waals surface area contributed by atoms with Crippen LogP contribution >= 0.6 is 11.6 Å². The number of hydrogen-bond acceptors (Lipinski definition) is 4. The van der Waals surface area contributed by atoms with Crippen LogP contribution in [-0.4, -0.2) is 16.0 Å². The van der Waals surface area contributed by atoms with Gasteiger partial charge in [-0.05, 0) is 31.4 Å². The van der Waals surface area contributed by atoms with Gasteiger partial charge in [0, 0.05) is 17.8 Å². The molecule has 1 aliphatic rings. The topological polar surface area (TPSA) is 55.0 Å². The van der Waals surface area contributed by atoms with Crippen LogP contribution < -0.4 is 10.6 Å². The zero-order chi connectivity index (χ0) is 13.4. The lowest BCUT2D eigenvalue weighted by atomic mass is 9.97. The fourth-order valence-electron chi connectivity index (χ4n) is 2.58. The van der Waals surface area contributed by atoms with Crippen molar-refractivity contribution in [2.75, 3.05) is 10.6 Å². The molecular formula is C14H15ClN4. The maximum absolute atomic E-state index is 5.99. The maximum atomic E-state index is 5.99. The van der Waals surface area contributed by atoms with Gasteiger partial charge in [0.25, 0.3) is 0 Å². The Balaban J connectivity index is 2.13. The van der Waals surface area contributed by atoms with Gasteiger partial charge >= 0.3 is 0 Å². The van der Waals surface area contributed by atoms with Crippen LogP contribution in [0.25, 0.3) is 0 Å². The van der Waals surface area contributed by atoms with Crippen molar-refractivity contribution in [2.45, 2.75) is 25.8 Å². The standard InChI is InChI=1S/C14H15ClN4/c1-9-6-7-10-4-2-3-5-11(10)19(9)13-8-12(15)17-14(16)18-13/h2-5,8-9H,6-7H2,1H3,(H2,16,17,18). The fourth-order valence-corrected chi connectivity index (χ4v) is 2.77. The number of nitrogen functional groups attached to an aromatic ring is 1. The Morgan fingerprint density at radius 2 is 2.11 bits per heavy atom. The molecule has 2 N–H and O–H groups in total. The van der Waals surface area contributed by atoms with Gasteiger partial charge < -0.3 is 10.6 Å². The molecular weight excluding hydrogens is 260 g/mol. The highest BCUT2D eigenvalue weighted by atomic mass is 35.5. The van der Waals surface area contributed by atoms with Crippen molar-refractivity contribution >= 4 is 29.1 Å². The minimum absolute atomic E-state index is 0.206. The van der Waals surface area contributed by atoms with Gasteiger partial charge in [-0.15, -0.1) is 0 Å². The average molecular weight is 275 g/mol. The SMILES string of the molecule is CC1CCc2ccccc2N1c1cc(Cl)nc(N)n1. The number of hydrogen-bond donors (Lipinski definition) is 1. The van der Waals surface area contributed by atoms with Gasteiger partial charge in [0.05, 0.1) is 0 Å². The van der Waals surface area contributed by atoms with Gasteiger partial charge in [0.2, 0.25) is 5.95 Å². The van der Waals surface area contributed by atoms with Gasteiger partial charge in [0.1, 0.15) is 11.0 Å². The highest BCUT2D eigenvalue weighted by molar-refractivity contribution is 6.29. The van der Waals surface area contributed by atoms with Gasteiger partial charge in [-0.1, -0.05) is 29.8 Å². The molecule has 1 aliphatic heterocycles. The third kappa shape index (κ3) is 2.24. The van der Waals surface area contributed by atoms with Crippen molar-refractivity contribution in [3.05, 3.63) is 41.0 Å². The Hall–Kier alpha value is -1.81. The molecule has 2 heterocycles. The van der Waals surface area contributed by atoms with Gasteiger partial charge in [0.15, 0.2) is 0 Å². The molecule has 1 aromatic carbocycles. The van der Waals surface area contributed by atoms with Crippen LogP contribution in [0.5, 0.6) is 0 Å². The molecule has 0 bridgehead atoms. The molecule has 1 unspecified atom stereocenters. The Bertz CT molecular complexity index is 594. The Kier molecular flexibility index (Phi) is 3.03. The first-order valence-corrected chi connectivity index (χ1v) is 6.70. The van der Waals surface area contributed by atoms with E-state index in [-0.39, 0.29) is 5.95 Å². The quantitative estimate of drug-likeness (QED) is 0.812. The monoisotopic (exact) mass is 274 g/mol. The summed E-state index contributed by atoms with van der Waals surface area (Å²) in [6.45, 7) is 2.18. The second kappa shape index (κ2) is 4.70. The van der Waals surface area contributed by atoms with Crippen molar-refractivity contribution in [2.24, 2.45) is 0 Å². The molecule has 0 aliphatic carbocycles. The molecule has 98 valence electrons. The zero-order valence-electron chi connectivity index (χ0n) is 10.7. The van der Waals surface area contributed by atoms with Crippen LogP contribution in [0.4, 0.5) is 17.5 Å². The molecule has 0 fully saturated rings. The smallest absolute Gasteiger partial charge is 0.223 e. The number of benzene rings is 1. The molecule has 19 heavy (non-hydrogen) atoms. The summed E-state index contributed by atoms with van der Waals surface area (Å²) >= 11 is 5.99. The summed E-state index contributed by atoms with van der Waals surface area (Å²) in [7, 11) is 0. The van der Waals surface area contributed by atoms with Gasteiger partial charge in [-0.25, -0.2) is 4.98 Å². The summed E-state index contributed by atoms with van der Waals surface area (Å²) in [6.07, 6.45) is 2.17. The summed E-state index contributed by atoms with van der Waals surface area (Å²) in [5.41, 5.74) is 8.20. The van der Waals surface area contributed by atoms with E-state index in [2.05, 4.69) is 40.0 Å². The number of fused-ring (bicyclic) bond motifs is 1. The molecule has 3 rings (SSSR count). The van der Waals surface area contributed by atoms with Crippen molar-refractivity contribution in [1.82, 2.24) is 9.97 Å². The van der Waals surface area contributed by atoms with Crippen molar-refractivity contribution < 1.29 is 0 Å². The van der Waals surface area contributed by atoms with Crippen LogP contribution in [0.3, 0.4) is 0 Å². The molecule has 4 nitrogen and oxygen atoms in total. The molecule has 2 aromatic rings. The lowest BCUT2D eigenvalue weighted by Crippen LogP contribution is -2.34. The third-order valence-electron chi connectivity index (χ3n) is 3.47. The summed E-state index contributed by atoms with van der Waals surface area (Å²) in [5.74, 6) is 0.968. The number of halogens is 1. The lowest BCUT2D eigenvalue weighted by Gasteiger charge is -2.36. The molecule has 0 spiro atoms. The van der Waals surface area contributed by atoms with E-state index in [1.807, 2.05) is 6.07 Å². The van der Waals surface area contributed by atoms with E-state index >= 15 is 0 Å². The number of anilines is 3.